The Balaban J connectivity index is 1.94. The first-order valence-electron chi connectivity index (χ1n) is 6.03. The van der Waals surface area contributed by atoms with E-state index >= 15 is 0 Å². The third-order valence-corrected chi connectivity index (χ3v) is 3.75. The van der Waals surface area contributed by atoms with Gasteiger partial charge in [-0.05, 0) is 12.1 Å². The van der Waals surface area contributed by atoms with Gasteiger partial charge in [-0.3, -0.25) is 4.79 Å². The Bertz CT molecular complexity index is 500. The van der Waals surface area contributed by atoms with Crippen molar-refractivity contribution in [2.75, 3.05) is 6.61 Å². The molecule has 4 unspecified atom stereocenters. The molecule has 7 heteroatoms. The highest BCUT2D eigenvalue weighted by molar-refractivity contribution is 5.72. The summed E-state index contributed by atoms with van der Waals surface area (Å²) in [6, 6.07) is 3.42. The summed E-state index contributed by atoms with van der Waals surface area (Å²) in [4.78, 5) is 11.0. The highest BCUT2D eigenvalue weighted by atomic mass is 16.7. The molecule has 3 heterocycles. The molecule has 2 aliphatic rings. The molecule has 1 aromatic heterocycles. The monoisotopic (exact) mass is 269 g/mol. The van der Waals surface area contributed by atoms with Crippen molar-refractivity contribution >= 4 is 6.29 Å². The Hall–Kier alpha value is -1.25. The normalized spacial score (nSPS) is 37.5. The zero-order valence-electron chi connectivity index (χ0n) is 10.1. The minimum Gasteiger partial charge on any atom is -0.394 e. The van der Waals surface area contributed by atoms with E-state index < -0.39 is 30.7 Å². The van der Waals surface area contributed by atoms with Crippen LogP contribution in [0.3, 0.4) is 0 Å². The Labute approximate surface area is 109 Å². The van der Waals surface area contributed by atoms with Crippen LogP contribution in [0.1, 0.15) is 16.2 Å². The molecule has 1 aromatic rings. The van der Waals surface area contributed by atoms with E-state index in [0.29, 0.717) is 12.0 Å². The van der Waals surface area contributed by atoms with Gasteiger partial charge < -0.3 is 29.4 Å². The van der Waals surface area contributed by atoms with Crippen LogP contribution in [0, 0.1) is 0 Å². The topological polar surface area (TPSA) is 101 Å². The predicted octanol–water partition coefficient (Wildman–Crippen LogP) is -1.36. The fraction of sp³-hybridized carbons (Fsp3) is 0.583. The van der Waals surface area contributed by atoms with Crippen LogP contribution in [0.25, 0.3) is 0 Å². The lowest BCUT2D eigenvalue weighted by molar-refractivity contribution is -0.283. The van der Waals surface area contributed by atoms with Crippen LogP contribution in [0.4, 0.5) is 0 Å². The lowest BCUT2D eigenvalue weighted by Gasteiger charge is -2.37. The van der Waals surface area contributed by atoms with E-state index in [1.54, 1.807) is 16.7 Å². The molecule has 3 N–H and O–H groups in total. The number of hydrogen-bond acceptors (Lipinski definition) is 6. The van der Waals surface area contributed by atoms with Crippen LogP contribution < -0.4 is 0 Å². The molecule has 4 atom stereocenters. The largest absolute Gasteiger partial charge is 0.394 e. The van der Waals surface area contributed by atoms with Crippen molar-refractivity contribution in [3.05, 3.63) is 23.5 Å². The number of carbonyl (C=O) groups is 1. The predicted molar refractivity (Wildman–Crippen MR) is 61.3 cm³/mol. The van der Waals surface area contributed by atoms with E-state index in [0.717, 1.165) is 5.69 Å². The molecule has 1 spiro atoms. The van der Waals surface area contributed by atoms with Crippen LogP contribution in [-0.2, 0) is 22.6 Å². The summed E-state index contributed by atoms with van der Waals surface area (Å²) in [6.45, 7) is -0.156. The van der Waals surface area contributed by atoms with Gasteiger partial charge in [0.15, 0.2) is 6.29 Å². The molecule has 104 valence electrons. The Kier molecular flexibility index (Phi) is 2.95. The molecule has 0 bridgehead atoms. The first kappa shape index (κ1) is 12.8. The number of aliphatic hydroxyl groups is 3. The maximum Gasteiger partial charge on any atom is 0.216 e. The van der Waals surface area contributed by atoms with Gasteiger partial charge in [-0.15, -0.1) is 0 Å². The second-order valence-electron chi connectivity index (χ2n) is 4.83. The quantitative estimate of drug-likeness (QED) is 0.573. The summed E-state index contributed by atoms with van der Waals surface area (Å²) in [6.07, 6.45) is -2.68. The summed E-state index contributed by atoms with van der Waals surface area (Å²) >= 11 is 0. The standard InChI is InChI=1S/C12H15NO6/c14-3-7-1-2-8-5-18-12(6-13(7)8)11(17)10(16)9(4-15)19-12/h1-3,9-11,15-17H,4-6H2. The van der Waals surface area contributed by atoms with Crippen molar-refractivity contribution in [3.63, 3.8) is 0 Å². The first-order valence-corrected chi connectivity index (χ1v) is 6.03. The molecule has 3 rings (SSSR count). The number of rotatable bonds is 2. The number of aliphatic hydroxyl groups excluding tert-OH is 3. The van der Waals surface area contributed by atoms with Crippen LogP contribution >= 0.6 is 0 Å². The van der Waals surface area contributed by atoms with E-state index in [-0.39, 0.29) is 13.2 Å². The molecular weight excluding hydrogens is 254 g/mol. The Morgan fingerprint density at radius 2 is 2.26 bits per heavy atom. The van der Waals surface area contributed by atoms with Crippen molar-refractivity contribution in [1.29, 1.82) is 0 Å². The van der Waals surface area contributed by atoms with Gasteiger partial charge in [0.05, 0.1) is 25.5 Å². The molecule has 0 radical (unpaired) electrons. The maximum atomic E-state index is 11.0. The van der Waals surface area contributed by atoms with Gasteiger partial charge in [0.25, 0.3) is 0 Å². The molecule has 2 aliphatic heterocycles. The van der Waals surface area contributed by atoms with Crippen molar-refractivity contribution < 1.29 is 29.6 Å². The van der Waals surface area contributed by atoms with Crippen LogP contribution in [-0.4, -0.2) is 56.9 Å². The number of hydrogen-bond donors (Lipinski definition) is 3. The molecule has 0 aromatic carbocycles. The minimum absolute atomic E-state index is 0.0954. The number of fused-ring (bicyclic) bond motifs is 1. The lowest BCUT2D eigenvalue weighted by Crippen LogP contribution is -2.51. The van der Waals surface area contributed by atoms with Crippen molar-refractivity contribution in [2.45, 2.75) is 37.3 Å². The maximum absolute atomic E-state index is 11.0. The molecule has 1 fully saturated rings. The SMILES string of the molecule is O=Cc1ccc2n1CC1(OC2)OC(CO)C(O)C1O. The number of aldehydes is 1. The summed E-state index contributed by atoms with van der Waals surface area (Å²) in [5.41, 5.74) is 1.25. The second-order valence-corrected chi connectivity index (χ2v) is 4.83. The summed E-state index contributed by atoms with van der Waals surface area (Å²) < 4.78 is 12.7. The molecular formula is C12H15NO6. The van der Waals surface area contributed by atoms with Crippen molar-refractivity contribution in [2.24, 2.45) is 0 Å². The highest BCUT2D eigenvalue weighted by Gasteiger charge is 2.56. The van der Waals surface area contributed by atoms with Gasteiger partial charge in [0.1, 0.15) is 18.3 Å². The third kappa shape index (κ3) is 1.74. The average Bonchev–Trinajstić information content (AvgIpc) is 2.93. The smallest absolute Gasteiger partial charge is 0.216 e. The van der Waals surface area contributed by atoms with E-state index in [1.807, 2.05) is 0 Å². The zero-order chi connectivity index (χ0) is 13.6. The highest BCUT2D eigenvalue weighted by Crippen LogP contribution is 2.38. The summed E-state index contributed by atoms with van der Waals surface area (Å²) in [5, 5.41) is 29.0. The fourth-order valence-electron chi connectivity index (χ4n) is 2.67. The van der Waals surface area contributed by atoms with Crippen molar-refractivity contribution in [1.82, 2.24) is 4.57 Å². The lowest BCUT2D eigenvalue weighted by atomic mass is 10.0. The van der Waals surface area contributed by atoms with Crippen LogP contribution in [0.15, 0.2) is 12.1 Å². The zero-order valence-corrected chi connectivity index (χ0v) is 10.1. The molecule has 0 amide bonds. The number of ether oxygens (including phenoxy) is 2. The Morgan fingerprint density at radius 1 is 1.47 bits per heavy atom. The van der Waals surface area contributed by atoms with Crippen LogP contribution in [0.2, 0.25) is 0 Å². The van der Waals surface area contributed by atoms with Crippen molar-refractivity contribution in [3.8, 4) is 0 Å². The summed E-state index contributed by atoms with van der Waals surface area (Å²) in [5.74, 6) is -1.42. The summed E-state index contributed by atoms with van der Waals surface area (Å²) in [7, 11) is 0. The first-order chi connectivity index (χ1) is 9.11. The third-order valence-electron chi connectivity index (χ3n) is 3.75. The molecule has 19 heavy (non-hydrogen) atoms. The van der Waals surface area contributed by atoms with E-state index in [4.69, 9.17) is 14.6 Å². The Morgan fingerprint density at radius 3 is 2.89 bits per heavy atom. The average molecular weight is 269 g/mol. The number of carbonyl (C=O) groups excluding carboxylic acids is 1. The van der Waals surface area contributed by atoms with Crippen LogP contribution in [0.5, 0.6) is 0 Å². The van der Waals surface area contributed by atoms with E-state index in [9.17, 15) is 15.0 Å². The minimum atomic E-state index is -1.42. The molecule has 7 nitrogen and oxygen atoms in total. The second kappa shape index (κ2) is 4.39. The van der Waals surface area contributed by atoms with E-state index in [1.165, 1.54) is 0 Å². The van der Waals surface area contributed by atoms with Gasteiger partial charge in [-0.25, -0.2) is 0 Å². The molecule has 0 saturated carbocycles. The number of nitrogens with zero attached hydrogens (tertiary/aromatic N) is 1. The van der Waals surface area contributed by atoms with Gasteiger partial charge in [-0.1, -0.05) is 0 Å². The molecule has 1 saturated heterocycles. The van der Waals surface area contributed by atoms with Gasteiger partial charge >= 0.3 is 0 Å². The van der Waals surface area contributed by atoms with Gasteiger partial charge in [0.2, 0.25) is 5.79 Å². The van der Waals surface area contributed by atoms with Gasteiger partial charge in [0, 0.05) is 5.69 Å². The molecule has 0 aliphatic carbocycles. The number of aromatic nitrogens is 1. The van der Waals surface area contributed by atoms with E-state index in [2.05, 4.69) is 0 Å². The van der Waals surface area contributed by atoms with Gasteiger partial charge in [-0.2, -0.15) is 0 Å². The fourth-order valence-corrected chi connectivity index (χ4v) is 2.67.